The fourth-order valence-electron chi connectivity index (χ4n) is 4.34. The highest BCUT2D eigenvalue weighted by molar-refractivity contribution is 5.73. The third-order valence-corrected chi connectivity index (χ3v) is 6.44. The second-order valence-corrected chi connectivity index (χ2v) is 9.35. The van der Waals surface area contributed by atoms with Gasteiger partial charge in [0, 0.05) is 11.6 Å². The molecule has 0 fully saturated rings. The van der Waals surface area contributed by atoms with Crippen LogP contribution in [0.25, 0.3) is 11.1 Å². The van der Waals surface area contributed by atoms with Crippen LogP contribution >= 0.6 is 0 Å². The highest BCUT2D eigenvalue weighted by Gasteiger charge is 2.43. The summed E-state index contributed by atoms with van der Waals surface area (Å²) < 4.78 is 94.0. The number of unbranched alkanes of at least 4 members (excludes halogenated alkanes) is 5. The normalized spacial score (nSPS) is 11.7. The molecule has 8 heteroatoms. The summed E-state index contributed by atoms with van der Waals surface area (Å²) in [5, 5.41) is 12.4. The number of halogens is 6. The lowest BCUT2D eigenvalue weighted by Gasteiger charge is -2.21. The molecule has 0 aliphatic carbocycles. The van der Waals surface area contributed by atoms with Gasteiger partial charge in [-0.3, -0.25) is 5.11 Å². The zero-order chi connectivity index (χ0) is 27.9. The highest BCUT2D eigenvalue weighted by Crippen LogP contribution is 2.43. The summed E-state index contributed by atoms with van der Waals surface area (Å²) in [6, 6.07) is 7.91. The molecule has 205 valence electrons. The predicted octanol–water partition coefficient (Wildman–Crippen LogP) is 10.0. The van der Waals surface area contributed by atoms with Gasteiger partial charge in [0.2, 0.25) is 0 Å². The molecular formula is C30H31F6O2. The Balaban J connectivity index is 1.91. The van der Waals surface area contributed by atoms with Crippen molar-refractivity contribution in [1.29, 1.82) is 0 Å². The lowest BCUT2D eigenvalue weighted by atomic mass is 9.96. The van der Waals surface area contributed by atoms with Gasteiger partial charge in [-0.15, -0.1) is 0 Å². The number of ether oxygens (including phenoxy) is 1. The van der Waals surface area contributed by atoms with E-state index >= 15 is 13.2 Å². The topological polar surface area (TPSA) is 29.1 Å². The lowest BCUT2D eigenvalue weighted by molar-refractivity contribution is -0.189. The van der Waals surface area contributed by atoms with E-state index in [2.05, 4.69) is 11.7 Å². The average molecular weight is 538 g/mol. The number of hydrogen-bond donors (Lipinski definition) is 0. The lowest BCUT2D eigenvalue weighted by Crippen LogP contribution is -2.25. The molecule has 0 amide bonds. The molecule has 0 spiro atoms. The molecule has 0 aliphatic heterocycles. The quantitative estimate of drug-likeness (QED) is 0.158. The Morgan fingerprint density at radius 2 is 1.37 bits per heavy atom. The second kappa shape index (κ2) is 13.1. The van der Waals surface area contributed by atoms with Gasteiger partial charge in [0.1, 0.15) is 17.1 Å². The summed E-state index contributed by atoms with van der Waals surface area (Å²) in [6.07, 6.45) is 2.76. The molecule has 38 heavy (non-hydrogen) atoms. The maximum Gasteiger partial charge on any atom is 0.432 e. The Hall–Kier alpha value is -3.16. The summed E-state index contributed by atoms with van der Waals surface area (Å²) in [5.74, 6) is -8.49. The summed E-state index contributed by atoms with van der Waals surface area (Å²) in [5.41, 5.74) is -3.01. The minimum atomic E-state index is -4.55. The van der Waals surface area contributed by atoms with Crippen LogP contribution in [0.1, 0.15) is 75.5 Å². The van der Waals surface area contributed by atoms with E-state index in [0.717, 1.165) is 56.6 Å². The number of hydrogen-bond acceptors (Lipinski definition) is 1. The highest BCUT2D eigenvalue weighted by atomic mass is 19.3. The Morgan fingerprint density at radius 1 is 0.737 bits per heavy atom. The molecule has 0 aliphatic rings. The van der Waals surface area contributed by atoms with E-state index < -0.39 is 51.8 Å². The van der Waals surface area contributed by atoms with Gasteiger partial charge in [0.05, 0.1) is 5.56 Å². The average Bonchev–Trinajstić information content (AvgIpc) is 2.86. The maximum absolute atomic E-state index is 15.3. The van der Waals surface area contributed by atoms with E-state index in [1.807, 2.05) is 6.92 Å². The van der Waals surface area contributed by atoms with Crippen LogP contribution in [0.15, 0.2) is 42.5 Å². The number of aryl methyl sites for hydroxylation is 2. The Labute approximate surface area is 219 Å². The molecule has 0 unspecified atom stereocenters. The first-order valence-electron chi connectivity index (χ1n) is 12.9. The third kappa shape index (κ3) is 6.83. The van der Waals surface area contributed by atoms with Crippen molar-refractivity contribution in [2.75, 3.05) is 0 Å². The van der Waals surface area contributed by atoms with E-state index in [0.29, 0.717) is 6.42 Å². The molecular weight excluding hydrogens is 506 g/mol. The van der Waals surface area contributed by atoms with Crippen LogP contribution in [0.2, 0.25) is 0 Å². The Bertz CT molecular complexity index is 1220. The molecule has 1 radical (unpaired) electrons. The molecule has 2 nitrogen and oxygen atoms in total. The Morgan fingerprint density at radius 3 is 2.03 bits per heavy atom. The minimum absolute atomic E-state index is 0.0114. The third-order valence-electron chi connectivity index (χ3n) is 6.44. The van der Waals surface area contributed by atoms with Gasteiger partial charge in [-0.2, -0.15) is 8.78 Å². The fraction of sp³-hybridized carbons (Fsp3) is 0.400. The number of benzene rings is 3. The van der Waals surface area contributed by atoms with Gasteiger partial charge >= 0.3 is 6.11 Å². The smallest absolute Gasteiger partial charge is 0.429 e. The van der Waals surface area contributed by atoms with Crippen molar-refractivity contribution in [3.05, 3.63) is 82.4 Å². The molecule has 0 aromatic heterocycles. The van der Waals surface area contributed by atoms with Crippen molar-refractivity contribution in [3.8, 4) is 22.6 Å². The summed E-state index contributed by atoms with van der Waals surface area (Å²) in [6.45, 7) is 4.03. The first-order chi connectivity index (χ1) is 18.1. The molecule has 0 saturated heterocycles. The molecule has 3 aromatic carbocycles. The molecule has 0 atom stereocenters. The van der Waals surface area contributed by atoms with Crippen LogP contribution in [0.4, 0.5) is 26.3 Å². The van der Waals surface area contributed by atoms with Gasteiger partial charge in [0.15, 0.2) is 23.2 Å². The fourth-order valence-corrected chi connectivity index (χ4v) is 4.34. The summed E-state index contributed by atoms with van der Waals surface area (Å²) in [4.78, 5) is 0. The molecule has 0 bridgehead atoms. The van der Waals surface area contributed by atoms with Crippen LogP contribution in [-0.4, -0.2) is 0 Å². The van der Waals surface area contributed by atoms with E-state index in [1.54, 1.807) is 12.1 Å². The van der Waals surface area contributed by atoms with Gasteiger partial charge in [-0.05, 0) is 48.9 Å². The van der Waals surface area contributed by atoms with Gasteiger partial charge in [0.25, 0.3) is 0 Å². The van der Waals surface area contributed by atoms with E-state index in [9.17, 15) is 18.3 Å². The standard InChI is InChI=1S/C30H31F6O2/c1-3-5-7-9-10-19-12-15-21(16-13-19)38-30(35,36)26-23(31)18-24(37)25(29(26)34)22-17-14-20(11-8-6-4-2)27(32)28(22)33/h12-18H,3-11H2,1-2H3. The minimum Gasteiger partial charge on any atom is -0.429 e. The first kappa shape index (κ1) is 29.4. The maximum atomic E-state index is 15.3. The van der Waals surface area contributed by atoms with E-state index in [-0.39, 0.29) is 23.8 Å². The summed E-state index contributed by atoms with van der Waals surface area (Å²) >= 11 is 0. The molecule has 0 saturated carbocycles. The van der Waals surface area contributed by atoms with Crippen molar-refractivity contribution >= 4 is 0 Å². The van der Waals surface area contributed by atoms with Crippen LogP contribution in [0.5, 0.6) is 11.5 Å². The van der Waals surface area contributed by atoms with Crippen molar-refractivity contribution in [2.24, 2.45) is 0 Å². The van der Waals surface area contributed by atoms with E-state index in [4.69, 9.17) is 0 Å². The SMILES string of the molecule is CCCCCCc1ccc(OC(F)(F)c2c(F)cc([O])c(-c3ccc(CCCCC)c(F)c3F)c2F)cc1. The van der Waals surface area contributed by atoms with Crippen molar-refractivity contribution < 1.29 is 36.2 Å². The van der Waals surface area contributed by atoms with Crippen LogP contribution < -0.4 is 4.74 Å². The zero-order valence-electron chi connectivity index (χ0n) is 21.5. The van der Waals surface area contributed by atoms with Crippen LogP contribution in [0.3, 0.4) is 0 Å². The van der Waals surface area contributed by atoms with Crippen LogP contribution in [0, 0.1) is 23.3 Å². The first-order valence-corrected chi connectivity index (χ1v) is 12.9. The molecule has 3 aromatic rings. The molecule has 0 heterocycles. The number of rotatable bonds is 13. The van der Waals surface area contributed by atoms with Crippen molar-refractivity contribution in [3.63, 3.8) is 0 Å². The van der Waals surface area contributed by atoms with Gasteiger partial charge < -0.3 is 4.74 Å². The zero-order valence-corrected chi connectivity index (χ0v) is 21.5. The largest absolute Gasteiger partial charge is 0.432 e. The van der Waals surface area contributed by atoms with Crippen LogP contribution in [-0.2, 0) is 24.1 Å². The van der Waals surface area contributed by atoms with Crippen molar-refractivity contribution in [2.45, 2.75) is 77.7 Å². The molecule has 0 N–H and O–H groups in total. The molecule has 3 rings (SSSR count). The van der Waals surface area contributed by atoms with E-state index in [1.165, 1.54) is 18.2 Å². The summed E-state index contributed by atoms with van der Waals surface area (Å²) in [7, 11) is 0. The number of alkyl halides is 2. The monoisotopic (exact) mass is 537 g/mol. The van der Waals surface area contributed by atoms with Crippen molar-refractivity contribution in [1.82, 2.24) is 0 Å². The second-order valence-electron chi connectivity index (χ2n) is 9.35. The Kier molecular flexibility index (Phi) is 10.1. The van der Waals surface area contributed by atoms with Gasteiger partial charge in [-0.25, -0.2) is 17.6 Å². The van der Waals surface area contributed by atoms with Gasteiger partial charge in [-0.1, -0.05) is 70.2 Å². The predicted molar refractivity (Wildman–Crippen MR) is 134 cm³/mol.